The van der Waals surface area contributed by atoms with E-state index >= 15 is 0 Å². The molecule has 116 valence electrons. The van der Waals surface area contributed by atoms with Gasteiger partial charge < -0.3 is 10.6 Å². The van der Waals surface area contributed by atoms with Crippen molar-refractivity contribution < 1.29 is 0 Å². The fourth-order valence-electron chi connectivity index (χ4n) is 2.35. The molecule has 0 spiro atoms. The zero-order chi connectivity index (χ0) is 16.1. The maximum absolute atomic E-state index is 5.43. The largest absolute Gasteiger partial charge is 0.332 e. The van der Waals surface area contributed by atoms with Crippen LogP contribution in [0.15, 0.2) is 48.5 Å². The molecule has 0 bridgehead atoms. The second-order valence-corrected chi connectivity index (χ2v) is 6.51. The number of thiocarbonyl (C=S) groups is 1. The summed E-state index contributed by atoms with van der Waals surface area (Å²) >= 11 is 5.43. The number of nitrogens with one attached hydrogen (secondary N) is 2. The van der Waals surface area contributed by atoms with Crippen LogP contribution < -0.4 is 10.6 Å². The Kier molecular flexibility index (Phi) is 5.56. The Morgan fingerprint density at radius 3 is 2.05 bits per heavy atom. The Hall–Kier alpha value is -1.87. The van der Waals surface area contributed by atoms with Gasteiger partial charge in [-0.05, 0) is 53.4 Å². The molecule has 0 saturated carbocycles. The maximum Gasteiger partial charge on any atom is 0.175 e. The average molecular weight is 312 g/mol. The quantitative estimate of drug-likeness (QED) is 0.704. The van der Waals surface area contributed by atoms with Gasteiger partial charge in [-0.1, -0.05) is 58.0 Å². The predicted molar refractivity (Wildman–Crippen MR) is 101 cm³/mol. The first-order chi connectivity index (χ1) is 10.5. The molecule has 2 nitrogen and oxygen atoms in total. The highest BCUT2D eigenvalue weighted by molar-refractivity contribution is 7.80. The number of hydrogen-bond acceptors (Lipinski definition) is 1. The van der Waals surface area contributed by atoms with Gasteiger partial charge >= 0.3 is 0 Å². The summed E-state index contributed by atoms with van der Waals surface area (Å²) in [6, 6.07) is 16.7. The summed E-state index contributed by atoms with van der Waals surface area (Å²) in [6.45, 7) is 8.75. The van der Waals surface area contributed by atoms with E-state index in [1.165, 1.54) is 11.1 Å². The van der Waals surface area contributed by atoms with Crippen LogP contribution >= 0.6 is 12.2 Å². The second kappa shape index (κ2) is 7.41. The first-order valence-corrected chi connectivity index (χ1v) is 8.15. The van der Waals surface area contributed by atoms with Gasteiger partial charge in [0.1, 0.15) is 0 Å². The molecule has 0 fully saturated rings. The van der Waals surface area contributed by atoms with Crippen molar-refractivity contribution in [3.8, 4) is 0 Å². The van der Waals surface area contributed by atoms with Crippen LogP contribution in [0.2, 0.25) is 0 Å². The monoisotopic (exact) mass is 312 g/mol. The van der Waals surface area contributed by atoms with Crippen molar-refractivity contribution in [2.45, 2.75) is 39.5 Å². The van der Waals surface area contributed by atoms with Crippen LogP contribution in [-0.2, 0) is 0 Å². The minimum absolute atomic E-state index is 0.455. The van der Waals surface area contributed by atoms with Gasteiger partial charge in [0, 0.05) is 11.4 Å². The molecule has 2 aromatic rings. The normalized spacial score (nSPS) is 10.8. The summed E-state index contributed by atoms with van der Waals surface area (Å²) in [7, 11) is 0. The van der Waals surface area contributed by atoms with E-state index in [1.807, 2.05) is 6.07 Å². The zero-order valence-electron chi connectivity index (χ0n) is 13.7. The van der Waals surface area contributed by atoms with Crippen LogP contribution in [0.4, 0.5) is 11.4 Å². The van der Waals surface area contributed by atoms with Crippen molar-refractivity contribution in [1.82, 2.24) is 0 Å². The Labute approximate surface area is 139 Å². The van der Waals surface area contributed by atoms with Crippen molar-refractivity contribution in [2.75, 3.05) is 10.6 Å². The molecule has 22 heavy (non-hydrogen) atoms. The number of hydrogen-bond donors (Lipinski definition) is 2. The molecule has 0 aliphatic rings. The average Bonchev–Trinajstić information content (AvgIpc) is 2.48. The Morgan fingerprint density at radius 1 is 0.818 bits per heavy atom. The minimum Gasteiger partial charge on any atom is -0.332 e. The third-order valence-electron chi connectivity index (χ3n) is 3.67. The van der Waals surface area contributed by atoms with Crippen LogP contribution in [-0.4, -0.2) is 5.11 Å². The van der Waals surface area contributed by atoms with Gasteiger partial charge in [-0.3, -0.25) is 0 Å². The lowest BCUT2D eigenvalue weighted by molar-refractivity contribution is 0.867. The Morgan fingerprint density at radius 2 is 1.45 bits per heavy atom. The fraction of sp³-hybridized carbons (Fsp3) is 0.316. The SMILES string of the molecule is CC(C)c1ccc(NC(=S)Nc2ccccc2C(C)C)cc1. The molecule has 0 aliphatic heterocycles. The minimum atomic E-state index is 0.455. The molecule has 0 aromatic heterocycles. The molecule has 0 aliphatic carbocycles. The lowest BCUT2D eigenvalue weighted by atomic mass is 10.0. The van der Waals surface area contributed by atoms with E-state index in [2.05, 4.69) is 80.8 Å². The highest BCUT2D eigenvalue weighted by Crippen LogP contribution is 2.24. The first-order valence-electron chi connectivity index (χ1n) is 7.74. The van der Waals surface area contributed by atoms with Gasteiger partial charge in [0.25, 0.3) is 0 Å². The summed E-state index contributed by atoms with van der Waals surface area (Å²) in [5.41, 5.74) is 4.66. The van der Waals surface area contributed by atoms with Gasteiger partial charge in [-0.25, -0.2) is 0 Å². The molecule has 0 atom stereocenters. The van der Waals surface area contributed by atoms with E-state index in [4.69, 9.17) is 12.2 Å². The van der Waals surface area contributed by atoms with E-state index in [1.54, 1.807) is 0 Å². The number of benzene rings is 2. The smallest absolute Gasteiger partial charge is 0.175 e. The predicted octanol–water partition coefficient (Wildman–Crippen LogP) is 5.74. The summed E-state index contributed by atoms with van der Waals surface area (Å²) in [4.78, 5) is 0. The lowest BCUT2D eigenvalue weighted by Crippen LogP contribution is -2.20. The third kappa shape index (κ3) is 4.31. The third-order valence-corrected chi connectivity index (χ3v) is 3.87. The standard InChI is InChI=1S/C19H24N2S/c1-13(2)15-9-11-16(12-10-15)20-19(22)21-18-8-6-5-7-17(18)14(3)4/h5-14H,1-4H3,(H2,20,21,22). The van der Waals surface area contributed by atoms with Gasteiger partial charge in [-0.2, -0.15) is 0 Å². The van der Waals surface area contributed by atoms with E-state index < -0.39 is 0 Å². The summed E-state index contributed by atoms with van der Waals surface area (Å²) in [5, 5.41) is 7.16. The molecule has 2 rings (SSSR count). The molecule has 2 aromatic carbocycles. The Balaban J connectivity index is 2.04. The Bertz CT molecular complexity index is 630. The molecule has 0 radical (unpaired) electrons. The van der Waals surface area contributed by atoms with Crippen LogP contribution in [0.5, 0.6) is 0 Å². The molecule has 2 N–H and O–H groups in total. The molecule has 0 heterocycles. The molecule has 3 heteroatoms. The maximum atomic E-state index is 5.43. The fourth-order valence-corrected chi connectivity index (χ4v) is 2.58. The van der Waals surface area contributed by atoms with Gasteiger partial charge in [0.2, 0.25) is 0 Å². The topological polar surface area (TPSA) is 24.1 Å². The van der Waals surface area contributed by atoms with E-state index in [9.17, 15) is 0 Å². The highest BCUT2D eigenvalue weighted by atomic mass is 32.1. The molecule has 0 unspecified atom stereocenters. The first kappa shape index (κ1) is 16.5. The van der Waals surface area contributed by atoms with Gasteiger partial charge in [0.15, 0.2) is 5.11 Å². The lowest BCUT2D eigenvalue weighted by Gasteiger charge is -2.16. The number of anilines is 2. The summed E-state index contributed by atoms with van der Waals surface area (Å²) in [6.07, 6.45) is 0. The molecular formula is C19H24N2S. The van der Waals surface area contributed by atoms with Crippen LogP contribution in [0.3, 0.4) is 0 Å². The zero-order valence-corrected chi connectivity index (χ0v) is 14.5. The number of rotatable bonds is 4. The number of para-hydroxylation sites is 1. The molecular weight excluding hydrogens is 288 g/mol. The van der Waals surface area contributed by atoms with Crippen molar-refractivity contribution in [3.05, 3.63) is 59.7 Å². The van der Waals surface area contributed by atoms with E-state index in [-0.39, 0.29) is 0 Å². The molecule has 0 amide bonds. The van der Waals surface area contributed by atoms with Crippen LogP contribution in [0.25, 0.3) is 0 Å². The van der Waals surface area contributed by atoms with Crippen molar-refractivity contribution in [2.24, 2.45) is 0 Å². The highest BCUT2D eigenvalue weighted by Gasteiger charge is 2.07. The summed E-state index contributed by atoms with van der Waals surface area (Å²) in [5.74, 6) is 0.994. The van der Waals surface area contributed by atoms with Crippen molar-refractivity contribution >= 4 is 28.7 Å². The van der Waals surface area contributed by atoms with Crippen molar-refractivity contribution in [1.29, 1.82) is 0 Å². The second-order valence-electron chi connectivity index (χ2n) is 6.10. The van der Waals surface area contributed by atoms with Crippen LogP contribution in [0, 0.1) is 0 Å². The van der Waals surface area contributed by atoms with Crippen LogP contribution in [0.1, 0.15) is 50.7 Å². The summed E-state index contributed by atoms with van der Waals surface area (Å²) < 4.78 is 0. The van der Waals surface area contributed by atoms with E-state index in [0.717, 1.165) is 11.4 Å². The van der Waals surface area contributed by atoms with Gasteiger partial charge in [0.05, 0.1) is 0 Å². The van der Waals surface area contributed by atoms with Gasteiger partial charge in [-0.15, -0.1) is 0 Å². The van der Waals surface area contributed by atoms with E-state index in [0.29, 0.717) is 16.9 Å². The molecule has 0 saturated heterocycles. The van der Waals surface area contributed by atoms with Crippen molar-refractivity contribution in [3.63, 3.8) is 0 Å².